The van der Waals surface area contributed by atoms with E-state index in [2.05, 4.69) is 0 Å². The summed E-state index contributed by atoms with van der Waals surface area (Å²) >= 11 is 0. The van der Waals surface area contributed by atoms with Gasteiger partial charge in [-0.2, -0.15) is 30.7 Å². The Balaban J connectivity index is 5.12. The van der Waals surface area contributed by atoms with E-state index in [0.29, 0.717) is 12.5 Å². The van der Waals surface area contributed by atoms with Gasteiger partial charge in [-0.15, -0.1) is 0 Å². The van der Waals surface area contributed by atoms with Gasteiger partial charge < -0.3 is 4.74 Å². The van der Waals surface area contributed by atoms with Crippen molar-refractivity contribution in [2.24, 2.45) is 0 Å². The second-order valence-corrected chi connectivity index (χ2v) is 3.80. The summed E-state index contributed by atoms with van der Waals surface area (Å²) in [6.07, 6.45) is -5.79. The van der Waals surface area contributed by atoms with Gasteiger partial charge in [-0.25, -0.2) is 0 Å². The van der Waals surface area contributed by atoms with Crippen LogP contribution in [-0.4, -0.2) is 31.2 Å². The molecule has 0 heterocycles. The van der Waals surface area contributed by atoms with E-state index in [1.54, 1.807) is 6.92 Å². The van der Waals surface area contributed by atoms with Gasteiger partial charge in [-0.3, -0.25) is 0 Å². The molecule has 0 atom stereocenters. The van der Waals surface area contributed by atoms with Crippen LogP contribution in [0.25, 0.3) is 0 Å². The topological polar surface area (TPSA) is 9.23 Å². The minimum Gasteiger partial charge on any atom is -0.377 e. The van der Waals surface area contributed by atoms with Crippen LogP contribution in [0.3, 0.4) is 0 Å². The first-order valence-electron chi connectivity index (χ1n) is 5.61. The molecule has 0 aromatic carbocycles. The first kappa shape index (κ1) is 18.2. The van der Waals surface area contributed by atoms with E-state index in [4.69, 9.17) is 4.74 Å². The van der Waals surface area contributed by atoms with E-state index in [-0.39, 0.29) is 6.61 Å². The van der Waals surface area contributed by atoms with E-state index in [1.165, 1.54) is 0 Å². The average molecular weight is 296 g/mol. The van der Waals surface area contributed by atoms with Crippen molar-refractivity contribution in [1.29, 1.82) is 0 Å². The van der Waals surface area contributed by atoms with Crippen molar-refractivity contribution in [3.05, 3.63) is 11.6 Å². The summed E-state index contributed by atoms with van der Waals surface area (Å²) in [5.41, 5.74) is -1.29. The maximum atomic E-state index is 13.3. The third-order valence-corrected chi connectivity index (χ3v) is 2.33. The Morgan fingerprint density at radius 2 is 1.53 bits per heavy atom. The van der Waals surface area contributed by atoms with Gasteiger partial charge in [0.05, 0.1) is 6.61 Å². The highest BCUT2D eigenvalue weighted by Gasteiger charge is 2.73. The summed E-state index contributed by atoms with van der Waals surface area (Å²) in [4.78, 5) is 0. The van der Waals surface area contributed by atoms with Crippen molar-refractivity contribution in [2.45, 2.75) is 44.7 Å². The summed E-state index contributed by atoms with van der Waals surface area (Å²) in [6.45, 7) is 2.58. The van der Waals surface area contributed by atoms with Crippen LogP contribution in [0, 0.1) is 0 Å². The van der Waals surface area contributed by atoms with Crippen molar-refractivity contribution < 1.29 is 35.5 Å². The second-order valence-electron chi connectivity index (χ2n) is 3.80. The zero-order valence-corrected chi connectivity index (χ0v) is 10.5. The maximum Gasteiger partial charge on any atom is 0.460 e. The molecule has 0 saturated heterocycles. The normalized spacial score (nSPS) is 14.9. The first-order chi connectivity index (χ1) is 8.52. The van der Waals surface area contributed by atoms with E-state index < -0.39 is 36.6 Å². The SMILES string of the molecule is CCCOCC=C(CC)C(F)(F)C(F)(F)C(F)(F)F. The van der Waals surface area contributed by atoms with Gasteiger partial charge in [0.25, 0.3) is 0 Å². The van der Waals surface area contributed by atoms with Crippen LogP contribution in [0.2, 0.25) is 0 Å². The van der Waals surface area contributed by atoms with Crippen molar-refractivity contribution in [3.8, 4) is 0 Å². The summed E-state index contributed by atoms with van der Waals surface area (Å²) in [7, 11) is 0. The van der Waals surface area contributed by atoms with Crippen LogP contribution in [0.1, 0.15) is 26.7 Å². The molecule has 114 valence electrons. The zero-order chi connectivity index (χ0) is 15.3. The lowest BCUT2D eigenvalue weighted by Gasteiger charge is -2.29. The van der Waals surface area contributed by atoms with Crippen molar-refractivity contribution in [1.82, 2.24) is 0 Å². The van der Waals surface area contributed by atoms with E-state index in [9.17, 15) is 30.7 Å². The standard InChI is InChI=1S/C11H15F7O/c1-3-6-19-7-5-8(4-2)9(12,13)10(14,15)11(16,17)18/h5H,3-4,6-7H2,1-2H3. The summed E-state index contributed by atoms with van der Waals surface area (Å²) < 4.78 is 92.8. The highest BCUT2D eigenvalue weighted by Crippen LogP contribution is 2.50. The van der Waals surface area contributed by atoms with Crippen LogP contribution >= 0.6 is 0 Å². The molecular weight excluding hydrogens is 281 g/mol. The van der Waals surface area contributed by atoms with Crippen LogP contribution < -0.4 is 0 Å². The number of alkyl halides is 7. The quantitative estimate of drug-likeness (QED) is 0.379. The highest BCUT2D eigenvalue weighted by atomic mass is 19.4. The molecule has 0 rings (SSSR count). The van der Waals surface area contributed by atoms with Crippen molar-refractivity contribution >= 4 is 0 Å². The lowest BCUT2D eigenvalue weighted by atomic mass is 9.99. The van der Waals surface area contributed by atoms with Gasteiger partial charge in [0, 0.05) is 12.2 Å². The van der Waals surface area contributed by atoms with Crippen LogP contribution in [0.15, 0.2) is 11.6 Å². The molecule has 0 saturated carbocycles. The molecule has 0 aliphatic rings. The van der Waals surface area contributed by atoms with Crippen molar-refractivity contribution in [2.75, 3.05) is 13.2 Å². The lowest BCUT2D eigenvalue weighted by Crippen LogP contribution is -2.52. The molecule has 8 heteroatoms. The van der Waals surface area contributed by atoms with E-state index >= 15 is 0 Å². The molecule has 0 aliphatic heterocycles. The van der Waals surface area contributed by atoms with Gasteiger partial charge in [-0.05, 0) is 12.8 Å². The molecule has 0 radical (unpaired) electrons. The molecule has 19 heavy (non-hydrogen) atoms. The number of halogens is 7. The summed E-state index contributed by atoms with van der Waals surface area (Å²) in [6, 6.07) is 0. The molecule has 0 amide bonds. The van der Waals surface area contributed by atoms with Crippen LogP contribution in [0.5, 0.6) is 0 Å². The average Bonchev–Trinajstić information content (AvgIpc) is 2.27. The molecule has 0 N–H and O–H groups in total. The van der Waals surface area contributed by atoms with Gasteiger partial charge in [0.2, 0.25) is 0 Å². The molecule has 0 aliphatic carbocycles. The maximum absolute atomic E-state index is 13.3. The number of hydrogen-bond acceptors (Lipinski definition) is 1. The first-order valence-corrected chi connectivity index (χ1v) is 5.61. The molecular formula is C11H15F7O. The van der Waals surface area contributed by atoms with Gasteiger partial charge in [-0.1, -0.05) is 19.9 Å². The predicted molar refractivity (Wildman–Crippen MR) is 55.4 cm³/mol. The molecule has 0 aromatic rings. The number of hydrogen-bond donors (Lipinski definition) is 0. The van der Waals surface area contributed by atoms with Crippen molar-refractivity contribution in [3.63, 3.8) is 0 Å². The van der Waals surface area contributed by atoms with Crippen LogP contribution in [0.4, 0.5) is 30.7 Å². The Bertz CT molecular complexity index is 307. The fraction of sp³-hybridized carbons (Fsp3) is 0.818. The molecule has 0 aromatic heterocycles. The molecule has 0 fully saturated rings. The Kier molecular flexibility index (Phi) is 6.31. The fourth-order valence-corrected chi connectivity index (χ4v) is 1.26. The fourth-order valence-electron chi connectivity index (χ4n) is 1.26. The second kappa shape index (κ2) is 6.58. The molecule has 0 unspecified atom stereocenters. The third kappa shape index (κ3) is 4.09. The lowest BCUT2D eigenvalue weighted by molar-refractivity contribution is -0.344. The molecule has 1 nitrogen and oxygen atoms in total. The minimum atomic E-state index is -6.31. The number of ether oxygens (including phenoxy) is 1. The largest absolute Gasteiger partial charge is 0.460 e. The monoisotopic (exact) mass is 296 g/mol. The third-order valence-electron chi connectivity index (χ3n) is 2.33. The highest BCUT2D eigenvalue weighted by molar-refractivity contribution is 5.19. The number of rotatable bonds is 7. The Morgan fingerprint density at radius 3 is 1.89 bits per heavy atom. The van der Waals surface area contributed by atoms with Gasteiger partial charge >= 0.3 is 18.0 Å². The van der Waals surface area contributed by atoms with Gasteiger partial charge in [0.1, 0.15) is 0 Å². The molecule has 0 bridgehead atoms. The number of allylic oxidation sites excluding steroid dienone is 1. The van der Waals surface area contributed by atoms with Crippen LogP contribution in [-0.2, 0) is 4.74 Å². The summed E-state index contributed by atoms with van der Waals surface area (Å²) in [5, 5.41) is 0. The van der Waals surface area contributed by atoms with Gasteiger partial charge in [0.15, 0.2) is 0 Å². The van der Waals surface area contributed by atoms with E-state index in [0.717, 1.165) is 6.92 Å². The smallest absolute Gasteiger partial charge is 0.377 e. The minimum absolute atomic E-state index is 0.203. The summed E-state index contributed by atoms with van der Waals surface area (Å²) in [5.74, 6) is -11.4. The Labute approximate surface area is 106 Å². The Morgan fingerprint density at radius 1 is 1.00 bits per heavy atom. The predicted octanol–water partition coefficient (Wildman–Crippen LogP) is 4.58. The Hall–Kier alpha value is -0.790. The zero-order valence-electron chi connectivity index (χ0n) is 10.5. The van der Waals surface area contributed by atoms with E-state index in [1.807, 2.05) is 0 Å². The molecule has 0 spiro atoms.